The maximum atomic E-state index is 13.1. The third-order valence-electron chi connectivity index (χ3n) is 5.40. The second kappa shape index (κ2) is 7.98. The van der Waals surface area contributed by atoms with Gasteiger partial charge in [0.15, 0.2) is 0 Å². The number of amides is 3. The van der Waals surface area contributed by atoms with E-state index >= 15 is 0 Å². The van der Waals surface area contributed by atoms with Crippen molar-refractivity contribution in [3.63, 3.8) is 0 Å². The average Bonchev–Trinajstić information content (AvgIpc) is 3.16. The SMILES string of the molecule is CC1CCN(c2ccc(NC(=O)N(C)C)cc2C(=O)N2CCCC2)CC1. The van der Waals surface area contributed by atoms with E-state index in [0.29, 0.717) is 11.3 Å². The number of anilines is 2. The normalized spacial score (nSPS) is 18.1. The van der Waals surface area contributed by atoms with Crippen molar-refractivity contribution in [3.05, 3.63) is 23.8 Å². The van der Waals surface area contributed by atoms with Gasteiger partial charge in [-0.2, -0.15) is 0 Å². The molecule has 2 fully saturated rings. The second-order valence-electron chi connectivity index (χ2n) is 7.73. The molecule has 0 spiro atoms. The van der Waals surface area contributed by atoms with Gasteiger partial charge in [-0.15, -0.1) is 0 Å². The van der Waals surface area contributed by atoms with Gasteiger partial charge in [0.05, 0.1) is 5.56 Å². The Morgan fingerprint density at radius 1 is 1.08 bits per heavy atom. The zero-order chi connectivity index (χ0) is 18.7. The fraction of sp³-hybridized carbons (Fsp3) is 0.600. The number of hydrogen-bond acceptors (Lipinski definition) is 3. The fourth-order valence-electron chi connectivity index (χ4n) is 3.64. The number of carbonyl (C=O) groups excluding carboxylic acids is 2. The van der Waals surface area contributed by atoms with E-state index in [2.05, 4.69) is 17.1 Å². The molecule has 0 bridgehead atoms. The van der Waals surface area contributed by atoms with Crippen molar-refractivity contribution < 1.29 is 9.59 Å². The lowest BCUT2D eigenvalue weighted by Gasteiger charge is -2.34. The molecule has 0 atom stereocenters. The lowest BCUT2D eigenvalue weighted by Crippen LogP contribution is -2.36. The smallest absolute Gasteiger partial charge is 0.321 e. The lowest BCUT2D eigenvalue weighted by molar-refractivity contribution is 0.0793. The Kier molecular flexibility index (Phi) is 5.69. The van der Waals surface area contributed by atoms with E-state index in [4.69, 9.17) is 0 Å². The minimum absolute atomic E-state index is 0.0806. The monoisotopic (exact) mass is 358 g/mol. The standard InChI is InChI=1S/C20H30N4O2/c1-15-8-12-23(13-9-15)18-7-6-16(21-20(26)22(2)3)14-17(18)19(25)24-10-4-5-11-24/h6-7,14-15H,4-5,8-13H2,1-3H3,(H,21,26). The minimum atomic E-state index is -0.191. The molecule has 1 aromatic rings. The predicted molar refractivity (Wildman–Crippen MR) is 105 cm³/mol. The van der Waals surface area contributed by atoms with Gasteiger partial charge in [0.1, 0.15) is 0 Å². The Labute approximate surface area is 156 Å². The van der Waals surface area contributed by atoms with Crippen LogP contribution < -0.4 is 10.2 Å². The van der Waals surface area contributed by atoms with Crippen LogP contribution in [0.3, 0.4) is 0 Å². The van der Waals surface area contributed by atoms with Crippen LogP contribution in [0.4, 0.5) is 16.2 Å². The Hall–Kier alpha value is -2.24. The van der Waals surface area contributed by atoms with E-state index < -0.39 is 0 Å². The molecule has 26 heavy (non-hydrogen) atoms. The number of rotatable bonds is 3. The van der Waals surface area contributed by atoms with Crippen molar-refractivity contribution >= 4 is 23.3 Å². The maximum Gasteiger partial charge on any atom is 0.321 e. The van der Waals surface area contributed by atoms with Crippen LogP contribution in [0.2, 0.25) is 0 Å². The molecule has 3 rings (SSSR count). The van der Waals surface area contributed by atoms with Crippen molar-refractivity contribution in [2.24, 2.45) is 5.92 Å². The van der Waals surface area contributed by atoms with Crippen molar-refractivity contribution in [1.82, 2.24) is 9.80 Å². The van der Waals surface area contributed by atoms with Crippen LogP contribution in [-0.4, -0.2) is 62.0 Å². The van der Waals surface area contributed by atoms with E-state index in [1.807, 2.05) is 23.1 Å². The first-order valence-corrected chi connectivity index (χ1v) is 9.62. The highest BCUT2D eigenvalue weighted by Crippen LogP contribution is 2.30. The molecule has 6 heteroatoms. The molecule has 0 aromatic heterocycles. The molecule has 2 saturated heterocycles. The quantitative estimate of drug-likeness (QED) is 0.902. The molecule has 2 aliphatic rings. The summed E-state index contributed by atoms with van der Waals surface area (Å²) < 4.78 is 0. The van der Waals surface area contributed by atoms with Crippen LogP contribution in [-0.2, 0) is 0 Å². The first kappa shape index (κ1) is 18.5. The van der Waals surface area contributed by atoms with Crippen LogP contribution in [0.25, 0.3) is 0 Å². The first-order chi connectivity index (χ1) is 12.5. The molecule has 0 unspecified atom stereocenters. The number of nitrogens with zero attached hydrogens (tertiary/aromatic N) is 3. The molecule has 6 nitrogen and oxygen atoms in total. The Morgan fingerprint density at radius 3 is 2.35 bits per heavy atom. The van der Waals surface area contributed by atoms with Crippen LogP contribution in [0, 0.1) is 5.92 Å². The summed E-state index contributed by atoms with van der Waals surface area (Å²) in [7, 11) is 3.41. The van der Waals surface area contributed by atoms with Crippen LogP contribution in [0.15, 0.2) is 18.2 Å². The van der Waals surface area contributed by atoms with Crippen LogP contribution >= 0.6 is 0 Å². The summed E-state index contributed by atoms with van der Waals surface area (Å²) >= 11 is 0. The van der Waals surface area contributed by atoms with Crippen LogP contribution in [0.5, 0.6) is 0 Å². The Balaban J connectivity index is 1.89. The van der Waals surface area contributed by atoms with Gasteiger partial charge < -0.3 is 20.0 Å². The predicted octanol–water partition coefficient (Wildman–Crippen LogP) is 3.25. The summed E-state index contributed by atoms with van der Waals surface area (Å²) in [5.41, 5.74) is 2.37. The van der Waals surface area contributed by atoms with Gasteiger partial charge in [0, 0.05) is 51.6 Å². The highest BCUT2D eigenvalue weighted by Gasteiger charge is 2.26. The molecule has 142 valence electrons. The van der Waals surface area contributed by atoms with E-state index in [1.165, 1.54) is 4.90 Å². The van der Waals surface area contributed by atoms with Crippen molar-refractivity contribution in [1.29, 1.82) is 0 Å². The van der Waals surface area contributed by atoms with E-state index in [9.17, 15) is 9.59 Å². The molecule has 1 aromatic carbocycles. The van der Waals surface area contributed by atoms with Gasteiger partial charge in [0.2, 0.25) is 0 Å². The topological polar surface area (TPSA) is 55.9 Å². The molecule has 3 amide bonds. The van der Waals surface area contributed by atoms with E-state index in [0.717, 1.165) is 63.5 Å². The van der Waals surface area contributed by atoms with Gasteiger partial charge in [-0.05, 0) is 49.8 Å². The third kappa shape index (κ3) is 4.11. The van der Waals surface area contributed by atoms with E-state index in [1.54, 1.807) is 14.1 Å². The summed E-state index contributed by atoms with van der Waals surface area (Å²) in [4.78, 5) is 30.8. The summed E-state index contributed by atoms with van der Waals surface area (Å²) in [5, 5.41) is 2.86. The number of benzene rings is 1. The van der Waals surface area contributed by atoms with Crippen LogP contribution in [0.1, 0.15) is 43.0 Å². The molecule has 2 aliphatic heterocycles. The highest BCUT2D eigenvalue weighted by molar-refractivity contribution is 6.02. The van der Waals surface area contributed by atoms with Gasteiger partial charge in [-0.25, -0.2) is 4.79 Å². The van der Waals surface area contributed by atoms with Gasteiger partial charge >= 0.3 is 6.03 Å². The number of likely N-dealkylation sites (tertiary alicyclic amines) is 1. The highest BCUT2D eigenvalue weighted by atomic mass is 16.2. The number of piperidine rings is 1. The molecular weight excluding hydrogens is 328 g/mol. The largest absolute Gasteiger partial charge is 0.371 e. The van der Waals surface area contributed by atoms with Crippen molar-refractivity contribution in [2.45, 2.75) is 32.6 Å². The molecule has 0 saturated carbocycles. The molecule has 2 heterocycles. The zero-order valence-corrected chi connectivity index (χ0v) is 16.1. The Bertz CT molecular complexity index is 660. The summed E-state index contributed by atoms with van der Waals surface area (Å²) in [6, 6.07) is 5.54. The molecule has 1 N–H and O–H groups in total. The van der Waals surface area contributed by atoms with E-state index in [-0.39, 0.29) is 11.9 Å². The number of nitrogens with one attached hydrogen (secondary N) is 1. The molecular formula is C20H30N4O2. The summed E-state index contributed by atoms with van der Waals surface area (Å²) in [6.07, 6.45) is 4.44. The van der Waals surface area contributed by atoms with Crippen molar-refractivity contribution in [3.8, 4) is 0 Å². The molecule has 0 radical (unpaired) electrons. The van der Waals surface area contributed by atoms with Gasteiger partial charge in [-0.3, -0.25) is 4.79 Å². The zero-order valence-electron chi connectivity index (χ0n) is 16.1. The number of hydrogen-bond donors (Lipinski definition) is 1. The minimum Gasteiger partial charge on any atom is -0.371 e. The first-order valence-electron chi connectivity index (χ1n) is 9.62. The van der Waals surface area contributed by atoms with Gasteiger partial charge in [0.25, 0.3) is 5.91 Å². The molecule has 0 aliphatic carbocycles. The summed E-state index contributed by atoms with van der Waals surface area (Å²) in [5.74, 6) is 0.819. The Morgan fingerprint density at radius 2 is 1.73 bits per heavy atom. The summed E-state index contributed by atoms with van der Waals surface area (Å²) in [6.45, 7) is 5.89. The maximum absolute atomic E-state index is 13.1. The number of urea groups is 1. The third-order valence-corrected chi connectivity index (χ3v) is 5.40. The average molecular weight is 358 g/mol. The second-order valence-corrected chi connectivity index (χ2v) is 7.73. The lowest BCUT2D eigenvalue weighted by atomic mass is 9.97. The van der Waals surface area contributed by atoms with Crippen molar-refractivity contribution in [2.75, 3.05) is 50.5 Å². The fourth-order valence-corrected chi connectivity index (χ4v) is 3.64. The van der Waals surface area contributed by atoms with Gasteiger partial charge in [-0.1, -0.05) is 6.92 Å². The number of carbonyl (C=O) groups is 2.